The second-order valence-corrected chi connectivity index (χ2v) is 8.02. The van der Waals surface area contributed by atoms with Gasteiger partial charge >= 0.3 is 11.9 Å². The van der Waals surface area contributed by atoms with Crippen molar-refractivity contribution in [3.8, 4) is 5.75 Å². The average molecular weight is 450 g/mol. The van der Waals surface area contributed by atoms with E-state index in [9.17, 15) is 19.5 Å². The van der Waals surface area contributed by atoms with Crippen molar-refractivity contribution in [2.45, 2.75) is 70.6 Å². The minimum absolute atomic E-state index is 0.164. The number of hydrogen-bond donors (Lipinski definition) is 3. The Kier molecular flexibility index (Phi) is 11.0. The zero-order chi connectivity index (χ0) is 23.3. The van der Waals surface area contributed by atoms with E-state index in [4.69, 9.17) is 15.2 Å². The van der Waals surface area contributed by atoms with Crippen LogP contribution in [0.15, 0.2) is 24.3 Å². The summed E-state index contributed by atoms with van der Waals surface area (Å²) in [6, 6.07) is 6.40. The number of esters is 1. The van der Waals surface area contributed by atoms with Gasteiger partial charge < -0.3 is 19.9 Å². The molecule has 9 nitrogen and oxygen atoms in total. The van der Waals surface area contributed by atoms with Crippen LogP contribution in [0.4, 0.5) is 5.69 Å². The number of carbonyl (C=O) groups is 3. The van der Waals surface area contributed by atoms with Crippen LogP contribution in [0.1, 0.15) is 58.3 Å². The van der Waals surface area contributed by atoms with E-state index in [-0.39, 0.29) is 18.5 Å². The van der Waals surface area contributed by atoms with E-state index >= 15 is 0 Å². The van der Waals surface area contributed by atoms with Crippen molar-refractivity contribution >= 4 is 23.5 Å². The standard InChI is InChI=1S/C23H35N3O6/c1-17(24)32-22(29)13-7-5-3-2-4-6-10-14-25-18-16-31-20-12-9-8-11-19(20)26(23(18)30)15-21(27)28/h8-9,11-12,17-18,25H,2-7,10,13-16,24H2,1H3,(H,27,28). The molecule has 0 bridgehead atoms. The van der Waals surface area contributed by atoms with Gasteiger partial charge in [0.15, 0.2) is 0 Å². The Morgan fingerprint density at radius 3 is 2.53 bits per heavy atom. The summed E-state index contributed by atoms with van der Waals surface area (Å²) in [6.07, 6.45) is 6.84. The van der Waals surface area contributed by atoms with E-state index in [1.54, 1.807) is 31.2 Å². The van der Waals surface area contributed by atoms with Gasteiger partial charge in [0.05, 0.1) is 5.69 Å². The van der Waals surface area contributed by atoms with Crippen molar-refractivity contribution in [1.29, 1.82) is 0 Å². The number of fused-ring (bicyclic) bond motifs is 1. The van der Waals surface area contributed by atoms with Crippen molar-refractivity contribution in [2.24, 2.45) is 5.73 Å². The molecule has 178 valence electrons. The van der Waals surface area contributed by atoms with Gasteiger partial charge in [0.1, 0.15) is 31.2 Å². The number of benzene rings is 1. The topological polar surface area (TPSA) is 131 Å². The van der Waals surface area contributed by atoms with Gasteiger partial charge in [-0.25, -0.2) is 0 Å². The van der Waals surface area contributed by atoms with Crippen LogP contribution in [0.5, 0.6) is 5.75 Å². The second kappa shape index (κ2) is 13.7. The molecule has 0 saturated heterocycles. The highest BCUT2D eigenvalue weighted by atomic mass is 16.6. The van der Waals surface area contributed by atoms with Gasteiger partial charge in [0.2, 0.25) is 5.91 Å². The Hall–Kier alpha value is -2.65. The van der Waals surface area contributed by atoms with Crippen LogP contribution in [-0.2, 0) is 19.1 Å². The number of carboxylic acid groups (broad SMARTS) is 1. The van der Waals surface area contributed by atoms with Crippen molar-refractivity contribution in [2.75, 3.05) is 24.6 Å². The molecule has 1 amide bonds. The van der Waals surface area contributed by atoms with Gasteiger partial charge in [-0.2, -0.15) is 0 Å². The Morgan fingerprint density at radius 1 is 1.19 bits per heavy atom. The van der Waals surface area contributed by atoms with Crippen LogP contribution in [-0.4, -0.2) is 54.9 Å². The number of amides is 1. The first-order chi connectivity index (χ1) is 15.4. The van der Waals surface area contributed by atoms with Gasteiger partial charge in [-0.15, -0.1) is 0 Å². The normalized spacial score (nSPS) is 16.6. The lowest BCUT2D eigenvalue weighted by atomic mass is 10.1. The lowest BCUT2D eigenvalue weighted by molar-refractivity contribution is -0.148. The van der Waals surface area contributed by atoms with E-state index in [0.29, 0.717) is 24.4 Å². The van der Waals surface area contributed by atoms with Crippen LogP contribution >= 0.6 is 0 Å². The molecular formula is C23H35N3O6. The number of rotatable bonds is 14. The number of para-hydroxylation sites is 2. The van der Waals surface area contributed by atoms with Crippen LogP contribution < -0.4 is 20.7 Å². The molecule has 32 heavy (non-hydrogen) atoms. The maximum atomic E-state index is 12.9. The zero-order valence-corrected chi connectivity index (χ0v) is 18.8. The number of carboxylic acids is 1. The van der Waals surface area contributed by atoms with Gasteiger partial charge in [-0.1, -0.05) is 44.2 Å². The van der Waals surface area contributed by atoms with Gasteiger partial charge in [-0.05, 0) is 38.4 Å². The Bertz CT molecular complexity index is 755. The molecule has 0 spiro atoms. The van der Waals surface area contributed by atoms with Crippen LogP contribution in [0.2, 0.25) is 0 Å². The first kappa shape index (κ1) is 25.6. The summed E-state index contributed by atoms with van der Waals surface area (Å²) < 4.78 is 10.7. The summed E-state index contributed by atoms with van der Waals surface area (Å²) in [7, 11) is 0. The smallest absolute Gasteiger partial charge is 0.323 e. The van der Waals surface area contributed by atoms with E-state index < -0.39 is 24.8 Å². The largest absolute Gasteiger partial charge is 0.489 e. The highest BCUT2D eigenvalue weighted by Gasteiger charge is 2.32. The number of nitrogens with two attached hydrogens (primary N) is 1. The molecular weight excluding hydrogens is 414 g/mol. The highest BCUT2D eigenvalue weighted by molar-refractivity contribution is 6.02. The molecule has 0 aliphatic carbocycles. The molecule has 0 aromatic heterocycles. The van der Waals surface area contributed by atoms with Gasteiger partial charge in [0.25, 0.3) is 0 Å². The summed E-state index contributed by atoms with van der Waals surface area (Å²) in [6.45, 7) is 2.05. The number of unbranched alkanes of at least 4 members (excludes halogenated alkanes) is 6. The summed E-state index contributed by atoms with van der Waals surface area (Å²) in [5.74, 6) is -1.09. The molecule has 1 aromatic carbocycles. The number of nitrogens with one attached hydrogen (secondary N) is 1. The minimum atomic E-state index is -1.07. The van der Waals surface area contributed by atoms with Gasteiger partial charge in [0, 0.05) is 6.42 Å². The fourth-order valence-electron chi connectivity index (χ4n) is 3.62. The lowest BCUT2D eigenvalue weighted by Gasteiger charge is -2.23. The van der Waals surface area contributed by atoms with Crippen molar-refractivity contribution in [3.05, 3.63) is 24.3 Å². The zero-order valence-electron chi connectivity index (χ0n) is 18.8. The molecule has 1 aliphatic heterocycles. The molecule has 9 heteroatoms. The summed E-state index contributed by atoms with van der Waals surface area (Å²) in [5.41, 5.74) is 5.89. The molecule has 2 unspecified atom stereocenters. The Balaban J connectivity index is 1.63. The second-order valence-electron chi connectivity index (χ2n) is 8.02. The highest BCUT2D eigenvalue weighted by Crippen LogP contribution is 2.30. The molecule has 4 N–H and O–H groups in total. The number of hydrogen-bond acceptors (Lipinski definition) is 7. The maximum Gasteiger partial charge on any atom is 0.323 e. The predicted octanol–water partition coefficient (Wildman–Crippen LogP) is 2.42. The third-order valence-electron chi connectivity index (χ3n) is 5.18. The summed E-state index contributed by atoms with van der Waals surface area (Å²) >= 11 is 0. The molecule has 1 aliphatic rings. The third-order valence-corrected chi connectivity index (χ3v) is 5.18. The predicted molar refractivity (Wildman–Crippen MR) is 120 cm³/mol. The van der Waals surface area contributed by atoms with Crippen LogP contribution in [0, 0.1) is 0 Å². The van der Waals surface area contributed by atoms with E-state index in [1.807, 2.05) is 0 Å². The fraction of sp³-hybridized carbons (Fsp3) is 0.609. The van der Waals surface area contributed by atoms with Gasteiger partial charge in [-0.3, -0.25) is 25.0 Å². The van der Waals surface area contributed by atoms with E-state index in [1.165, 1.54) is 4.90 Å². The molecule has 0 saturated carbocycles. The van der Waals surface area contributed by atoms with Crippen LogP contribution in [0.3, 0.4) is 0 Å². The first-order valence-electron chi connectivity index (χ1n) is 11.3. The summed E-state index contributed by atoms with van der Waals surface area (Å²) in [5, 5.41) is 12.4. The molecule has 0 fully saturated rings. The lowest BCUT2D eigenvalue weighted by Crippen LogP contribution is -2.50. The molecule has 1 heterocycles. The van der Waals surface area contributed by atoms with E-state index in [2.05, 4.69) is 5.32 Å². The number of carbonyl (C=O) groups excluding carboxylic acids is 2. The van der Waals surface area contributed by atoms with Crippen molar-refractivity contribution in [3.63, 3.8) is 0 Å². The number of nitrogens with zero attached hydrogens (tertiary/aromatic N) is 1. The third kappa shape index (κ3) is 8.84. The molecule has 2 atom stereocenters. The monoisotopic (exact) mass is 449 g/mol. The fourth-order valence-corrected chi connectivity index (χ4v) is 3.62. The van der Waals surface area contributed by atoms with E-state index in [0.717, 1.165) is 44.9 Å². The number of anilines is 1. The molecule has 0 radical (unpaired) electrons. The van der Waals surface area contributed by atoms with Crippen molar-refractivity contribution in [1.82, 2.24) is 5.32 Å². The average Bonchev–Trinajstić information content (AvgIpc) is 2.86. The van der Waals surface area contributed by atoms with Crippen molar-refractivity contribution < 1.29 is 29.0 Å². The SMILES string of the molecule is CC(N)OC(=O)CCCCCCCCCNC1COc2ccccc2N(CC(=O)O)C1=O. The number of aliphatic carboxylic acids is 1. The minimum Gasteiger partial charge on any atom is -0.489 e. The molecule has 2 rings (SSSR count). The number of ether oxygens (including phenoxy) is 2. The first-order valence-corrected chi connectivity index (χ1v) is 11.3. The molecule has 1 aromatic rings. The Labute approximate surface area is 189 Å². The van der Waals surface area contributed by atoms with Crippen LogP contribution in [0.25, 0.3) is 0 Å². The quantitative estimate of drug-likeness (QED) is 0.224. The Morgan fingerprint density at radius 2 is 1.84 bits per heavy atom. The summed E-state index contributed by atoms with van der Waals surface area (Å²) in [4.78, 5) is 36.8. The maximum absolute atomic E-state index is 12.9.